The molecule has 0 spiro atoms. The number of nitrogens with zero attached hydrogens (tertiary/aromatic N) is 1. The van der Waals surface area contributed by atoms with Crippen LogP contribution in [0.1, 0.15) is 20.8 Å². The molecule has 1 aromatic heterocycles. The highest BCUT2D eigenvalue weighted by Crippen LogP contribution is 2.26. The van der Waals surface area contributed by atoms with Crippen LogP contribution in [0.5, 0.6) is 5.75 Å². The Balaban J connectivity index is 2.72. The third kappa shape index (κ3) is 2.15. The van der Waals surface area contributed by atoms with E-state index in [2.05, 4.69) is 0 Å². The largest absolute Gasteiger partial charge is 0.496 e. The summed E-state index contributed by atoms with van der Waals surface area (Å²) in [7, 11) is 1.36. The van der Waals surface area contributed by atoms with Crippen LogP contribution in [0.3, 0.4) is 0 Å². The van der Waals surface area contributed by atoms with E-state index in [1.165, 1.54) is 42.1 Å². The van der Waals surface area contributed by atoms with Crippen molar-refractivity contribution in [2.45, 2.75) is 0 Å². The second-order valence-electron chi connectivity index (χ2n) is 3.73. The highest BCUT2D eigenvalue weighted by atomic mass is 16.5. The zero-order chi connectivity index (χ0) is 14.0. The molecule has 6 heteroatoms. The minimum atomic E-state index is -1.18. The van der Waals surface area contributed by atoms with Crippen LogP contribution in [0.25, 0.3) is 5.69 Å². The van der Waals surface area contributed by atoms with Crippen LogP contribution in [-0.2, 0) is 0 Å². The fourth-order valence-electron chi connectivity index (χ4n) is 1.87. The lowest BCUT2D eigenvalue weighted by Gasteiger charge is -2.12. The van der Waals surface area contributed by atoms with Gasteiger partial charge in [0.05, 0.1) is 12.8 Å². The first kappa shape index (κ1) is 12.7. The van der Waals surface area contributed by atoms with Gasteiger partial charge in [0.25, 0.3) is 0 Å². The Morgan fingerprint density at radius 3 is 2.42 bits per heavy atom. The molecule has 0 aliphatic heterocycles. The molecule has 0 saturated carbocycles. The third-order valence-corrected chi connectivity index (χ3v) is 2.67. The molecule has 0 atom stereocenters. The number of ether oxygens (including phenoxy) is 1. The normalized spacial score (nSPS) is 10.2. The molecule has 0 amide bonds. The van der Waals surface area contributed by atoms with Crippen molar-refractivity contribution in [1.82, 2.24) is 4.57 Å². The summed E-state index contributed by atoms with van der Waals surface area (Å²) >= 11 is 0. The lowest BCUT2D eigenvalue weighted by molar-refractivity contribution is 0.0674. The van der Waals surface area contributed by atoms with Gasteiger partial charge in [-0.15, -0.1) is 0 Å². The molecule has 0 radical (unpaired) electrons. The molecule has 2 rings (SSSR count). The Morgan fingerprint density at radius 1 is 1.11 bits per heavy atom. The average molecular weight is 261 g/mol. The summed E-state index contributed by atoms with van der Waals surface area (Å²) in [6, 6.07) is 7.57. The van der Waals surface area contributed by atoms with Gasteiger partial charge in [0.1, 0.15) is 17.0 Å². The second kappa shape index (κ2) is 4.85. The highest BCUT2D eigenvalue weighted by Gasteiger charge is 2.20. The number of carboxylic acids is 2. The number of benzene rings is 1. The van der Waals surface area contributed by atoms with Gasteiger partial charge in [0, 0.05) is 6.20 Å². The van der Waals surface area contributed by atoms with E-state index in [4.69, 9.17) is 9.84 Å². The molecular formula is C13H11NO5. The number of rotatable bonds is 4. The fraction of sp³-hybridized carbons (Fsp3) is 0.0769. The van der Waals surface area contributed by atoms with Gasteiger partial charge in [-0.1, -0.05) is 6.07 Å². The maximum Gasteiger partial charge on any atom is 0.352 e. The lowest BCUT2D eigenvalue weighted by Crippen LogP contribution is -2.11. The van der Waals surface area contributed by atoms with Crippen molar-refractivity contribution in [3.05, 3.63) is 47.8 Å². The molecule has 0 aliphatic rings. The van der Waals surface area contributed by atoms with Crippen molar-refractivity contribution < 1.29 is 24.5 Å². The standard InChI is InChI=1S/C13H11NO5/c1-19-10-6-2-4-8(11(10)13(17)18)14-7-3-5-9(14)12(15)16/h2-7H,1H3,(H,15,16)(H,17,18). The van der Waals surface area contributed by atoms with Gasteiger partial charge < -0.3 is 19.5 Å². The van der Waals surface area contributed by atoms with E-state index < -0.39 is 11.9 Å². The smallest absolute Gasteiger partial charge is 0.352 e. The number of hydrogen-bond donors (Lipinski definition) is 2. The number of carbonyl (C=O) groups is 2. The fourth-order valence-corrected chi connectivity index (χ4v) is 1.87. The number of aromatic nitrogens is 1. The summed E-state index contributed by atoms with van der Waals surface area (Å²) in [5.41, 5.74) is 0.147. The van der Waals surface area contributed by atoms with E-state index >= 15 is 0 Å². The second-order valence-corrected chi connectivity index (χ2v) is 3.73. The highest BCUT2D eigenvalue weighted by molar-refractivity contribution is 5.96. The monoisotopic (exact) mass is 261 g/mol. The summed E-state index contributed by atoms with van der Waals surface area (Å²) in [5.74, 6) is -2.14. The molecule has 0 bridgehead atoms. The molecule has 1 aromatic carbocycles. The number of hydrogen-bond acceptors (Lipinski definition) is 3. The van der Waals surface area contributed by atoms with Crippen molar-refractivity contribution >= 4 is 11.9 Å². The molecule has 0 aliphatic carbocycles. The molecule has 0 fully saturated rings. The molecular weight excluding hydrogens is 250 g/mol. The number of aromatic carboxylic acids is 2. The summed E-state index contributed by atoms with van der Waals surface area (Å²) in [5, 5.41) is 18.3. The minimum absolute atomic E-state index is 0.0178. The number of carboxylic acid groups (broad SMARTS) is 2. The van der Waals surface area contributed by atoms with Crippen molar-refractivity contribution in [1.29, 1.82) is 0 Å². The first-order valence-electron chi connectivity index (χ1n) is 5.37. The van der Waals surface area contributed by atoms with Crippen molar-refractivity contribution in [3.8, 4) is 11.4 Å². The minimum Gasteiger partial charge on any atom is -0.496 e. The topological polar surface area (TPSA) is 88.8 Å². The maximum atomic E-state index is 11.3. The van der Waals surface area contributed by atoms with E-state index in [-0.39, 0.29) is 22.7 Å². The summed E-state index contributed by atoms with van der Waals surface area (Å²) in [6.07, 6.45) is 1.49. The maximum absolute atomic E-state index is 11.3. The summed E-state index contributed by atoms with van der Waals surface area (Å²) in [6.45, 7) is 0. The Kier molecular flexibility index (Phi) is 3.24. The van der Waals surface area contributed by atoms with Crippen LogP contribution in [0.2, 0.25) is 0 Å². The van der Waals surface area contributed by atoms with Gasteiger partial charge in [-0.2, -0.15) is 0 Å². The first-order valence-corrected chi connectivity index (χ1v) is 5.37. The Bertz CT molecular complexity index is 644. The lowest BCUT2D eigenvalue weighted by atomic mass is 10.1. The predicted octanol–water partition coefficient (Wildman–Crippen LogP) is 1.88. The molecule has 98 valence electrons. The SMILES string of the molecule is COc1cccc(-n2cccc2C(=O)O)c1C(=O)O. The molecule has 0 saturated heterocycles. The van der Waals surface area contributed by atoms with E-state index in [9.17, 15) is 14.7 Å². The third-order valence-electron chi connectivity index (χ3n) is 2.67. The van der Waals surface area contributed by atoms with Gasteiger partial charge in [0.2, 0.25) is 0 Å². The van der Waals surface area contributed by atoms with Gasteiger partial charge in [-0.25, -0.2) is 9.59 Å². The van der Waals surface area contributed by atoms with Crippen LogP contribution in [-0.4, -0.2) is 33.8 Å². The van der Waals surface area contributed by atoms with Gasteiger partial charge >= 0.3 is 11.9 Å². The quantitative estimate of drug-likeness (QED) is 0.877. The van der Waals surface area contributed by atoms with Crippen LogP contribution >= 0.6 is 0 Å². The molecule has 1 heterocycles. The average Bonchev–Trinajstić information content (AvgIpc) is 2.86. The number of methoxy groups -OCH3 is 1. The Labute approximate surface area is 108 Å². The van der Waals surface area contributed by atoms with Gasteiger partial charge in [0.15, 0.2) is 0 Å². The molecule has 2 N–H and O–H groups in total. The zero-order valence-electron chi connectivity index (χ0n) is 10.0. The van der Waals surface area contributed by atoms with Gasteiger partial charge in [-0.3, -0.25) is 0 Å². The van der Waals surface area contributed by atoms with Crippen LogP contribution < -0.4 is 4.74 Å². The van der Waals surface area contributed by atoms with Crippen molar-refractivity contribution in [2.24, 2.45) is 0 Å². The molecule has 19 heavy (non-hydrogen) atoms. The van der Waals surface area contributed by atoms with Crippen molar-refractivity contribution in [3.63, 3.8) is 0 Å². The van der Waals surface area contributed by atoms with Gasteiger partial charge in [-0.05, 0) is 24.3 Å². The molecule has 0 unspecified atom stereocenters. The predicted molar refractivity (Wildman–Crippen MR) is 66.2 cm³/mol. The molecule has 2 aromatic rings. The first-order chi connectivity index (χ1) is 9.06. The van der Waals surface area contributed by atoms with Crippen LogP contribution in [0.15, 0.2) is 36.5 Å². The van der Waals surface area contributed by atoms with E-state index in [1.807, 2.05) is 0 Å². The van der Waals surface area contributed by atoms with E-state index in [1.54, 1.807) is 6.07 Å². The van der Waals surface area contributed by atoms with E-state index in [0.29, 0.717) is 0 Å². The summed E-state index contributed by atoms with van der Waals surface area (Å²) in [4.78, 5) is 22.4. The van der Waals surface area contributed by atoms with E-state index in [0.717, 1.165) is 0 Å². The van der Waals surface area contributed by atoms with Crippen LogP contribution in [0, 0.1) is 0 Å². The molecule has 6 nitrogen and oxygen atoms in total. The summed E-state index contributed by atoms with van der Waals surface area (Å²) < 4.78 is 6.30. The zero-order valence-corrected chi connectivity index (χ0v) is 10.0. The van der Waals surface area contributed by atoms with Crippen molar-refractivity contribution in [2.75, 3.05) is 7.11 Å². The Hall–Kier alpha value is -2.76. The Morgan fingerprint density at radius 2 is 1.84 bits per heavy atom. The van der Waals surface area contributed by atoms with Crippen LogP contribution in [0.4, 0.5) is 0 Å².